The van der Waals surface area contributed by atoms with Crippen molar-refractivity contribution in [2.45, 2.75) is 33.2 Å². The number of halogens is 1. The van der Waals surface area contributed by atoms with Crippen LogP contribution in [0.5, 0.6) is 11.5 Å². The van der Waals surface area contributed by atoms with Crippen LogP contribution in [0.4, 0.5) is 17.2 Å². The molecular formula is C21H20ClN5O6. The summed E-state index contributed by atoms with van der Waals surface area (Å²) in [4.78, 5) is 34.1. The lowest BCUT2D eigenvalue weighted by atomic mass is 10.2. The number of anilines is 1. The van der Waals surface area contributed by atoms with Crippen LogP contribution in [0.15, 0.2) is 42.5 Å². The standard InChI is InChI=1S/C21H20ClN5O6/c1-4-18(25-13(3)8-20(24-25)27(31)32)21(28)23-15-9-16(26(29)30)11-17(10-15)33-19-6-5-14(22)7-12(19)2/h5-11,18H,4H2,1-3H3,(H,23,28). The average Bonchev–Trinajstić information content (AvgIpc) is 3.12. The van der Waals surface area contributed by atoms with E-state index in [9.17, 15) is 25.0 Å². The number of benzene rings is 2. The third-order valence-electron chi connectivity index (χ3n) is 4.82. The number of aromatic nitrogens is 2. The summed E-state index contributed by atoms with van der Waals surface area (Å²) in [5, 5.41) is 29.5. The lowest BCUT2D eigenvalue weighted by Crippen LogP contribution is -2.27. The van der Waals surface area contributed by atoms with Gasteiger partial charge in [0.15, 0.2) is 6.04 Å². The summed E-state index contributed by atoms with van der Waals surface area (Å²) in [5.41, 5.74) is 1.01. The van der Waals surface area contributed by atoms with Crippen molar-refractivity contribution in [2.75, 3.05) is 5.32 Å². The van der Waals surface area contributed by atoms with E-state index < -0.39 is 21.8 Å². The lowest BCUT2D eigenvalue weighted by molar-refractivity contribution is -0.389. The minimum absolute atomic E-state index is 0.133. The quantitative estimate of drug-likeness (QED) is 0.343. The molecule has 1 atom stereocenters. The van der Waals surface area contributed by atoms with E-state index >= 15 is 0 Å². The molecule has 172 valence electrons. The summed E-state index contributed by atoms with van der Waals surface area (Å²) >= 11 is 5.96. The van der Waals surface area contributed by atoms with Gasteiger partial charge in [0.25, 0.3) is 11.6 Å². The van der Waals surface area contributed by atoms with Gasteiger partial charge in [-0.3, -0.25) is 14.9 Å². The second-order valence-corrected chi connectivity index (χ2v) is 7.68. The molecule has 1 N–H and O–H groups in total. The number of carbonyl (C=O) groups excluding carboxylic acids is 1. The molecule has 0 aliphatic carbocycles. The van der Waals surface area contributed by atoms with Gasteiger partial charge in [0, 0.05) is 17.2 Å². The summed E-state index contributed by atoms with van der Waals surface area (Å²) in [6.45, 7) is 5.10. The van der Waals surface area contributed by atoms with Gasteiger partial charge < -0.3 is 20.2 Å². The number of carbonyl (C=O) groups is 1. The molecule has 1 amide bonds. The van der Waals surface area contributed by atoms with Gasteiger partial charge in [-0.15, -0.1) is 0 Å². The van der Waals surface area contributed by atoms with Crippen molar-refractivity contribution in [3.8, 4) is 11.5 Å². The minimum atomic E-state index is -0.860. The molecule has 0 aliphatic heterocycles. The molecule has 0 saturated carbocycles. The highest BCUT2D eigenvalue weighted by Crippen LogP contribution is 2.32. The van der Waals surface area contributed by atoms with Crippen LogP contribution in [-0.2, 0) is 4.79 Å². The van der Waals surface area contributed by atoms with Crippen LogP contribution < -0.4 is 10.1 Å². The van der Waals surface area contributed by atoms with Crippen molar-refractivity contribution in [2.24, 2.45) is 0 Å². The molecular weight excluding hydrogens is 454 g/mol. The van der Waals surface area contributed by atoms with Gasteiger partial charge in [0.1, 0.15) is 11.5 Å². The SMILES string of the molecule is CCC(C(=O)Nc1cc(Oc2ccc(Cl)cc2C)cc([N+](=O)[O-])c1)n1nc([N+](=O)[O-])cc1C. The molecule has 0 fully saturated rings. The zero-order valence-corrected chi connectivity index (χ0v) is 18.7. The van der Waals surface area contributed by atoms with Crippen molar-refractivity contribution in [1.29, 1.82) is 0 Å². The highest BCUT2D eigenvalue weighted by molar-refractivity contribution is 6.30. The Labute approximate surface area is 193 Å². The first kappa shape index (κ1) is 23.7. The first-order valence-corrected chi connectivity index (χ1v) is 10.2. The molecule has 0 radical (unpaired) electrons. The molecule has 1 unspecified atom stereocenters. The Balaban J connectivity index is 1.90. The van der Waals surface area contributed by atoms with Gasteiger partial charge in [-0.2, -0.15) is 4.68 Å². The highest BCUT2D eigenvalue weighted by Gasteiger charge is 2.27. The normalized spacial score (nSPS) is 11.6. The Morgan fingerprint density at radius 2 is 1.88 bits per heavy atom. The second kappa shape index (κ2) is 9.65. The molecule has 3 aromatic rings. The number of amides is 1. The number of hydrogen-bond donors (Lipinski definition) is 1. The molecule has 0 saturated heterocycles. The van der Waals surface area contributed by atoms with Crippen LogP contribution in [0.2, 0.25) is 5.02 Å². The van der Waals surface area contributed by atoms with Gasteiger partial charge >= 0.3 is 5.82 Å². The third kappa shape index (κ3) is 5.44. The number of nitro benzene ring substituents is 1. The van der Waals surface area contributed by atoms with Gasteiger partial charge in [-0.05, 0) is 49.0 Å². The zero-order chi connectivity index (χ0) is 24.3. The van der Waals surface area contributed by atoms with Gasteiger partial charge in [-0.1, -0.05) is 18.5 Å². The van der Waals surface area contributed by atoms with E-state index in [0.29, 0.717) is 16.5 Å². The minimum Gasteiger partial charge on any atom is -0.457 e. The van der Waals surface area contributed by atoms with E-state index in [4.69, 9.17) is 16.3 Å². The molecule has 0 spiro atoms. The van der Waals surface area contributed by atoms with Crippen molar-refractivity contribution < 1.29 is 19.4 Å². The monoisotopic (exact) mass is 473 g/mol. The number of aryl methyl sites for hydroxylation is 2. The van der Waals surface area contributed by atoms with Crippen molar-refractivity contribution in [3.05, 3.63) is 79.0 Å². The van der Waals surface area contributed by atoms with Crippen molar-refractivity contribution in [1.82, 2.24) is 9.78 Å². The number of nitrogens with one attached hydrogen (secondary N) is 1. The molecule has 1 aromatic heterocycles. The van der Waals surface area contributed by atoms with Crippen LogP contribution >= 0.6 is 11.6 Å². The maximum atomic E-state index is 13.0. The second-order valence-electron chi connectivity index (χ2n) is 7.24. The van der Waals surface area contributed by atoms with Crippen LogP contribution in [-0.4, -0.2) is 25.5 Å². The number of ether oxygens (including phenoxy) is 1. The van der Waals surface area contributed by atoms with Crippen molar-refractivity contribution in [3.63, 3.8) is 0 Å². The largest absolute Gasteiger partial charge is 0.457 e. The zero-order valence-electron chi connectivity index (χ0n) is 17.9. The number of non-ortho nitro benzene ring substituents is 1. The van der Waals surface area contributed by atoms with Gasteiger partial charge in [-0.25, -0.2) is 0 Å². The number of nitro groups is 2. The number of rotatable bonds is 8. The number of nitrogens with zero attached hydrogens (tertiary/aromatic N) is 4. The fourth-order valence-corrected chi connectivity index (χ4v) is 3.47. The molecule has 2 aromatic carbocycles. The van der Waals surface area contributed by atoms with Crippen molar-refractivity contribution >= 4 is 34.7 Å². The first-order valence-electron chi connectivity index (χ1n) is 9.84. The fraction of sp³-hybridized carbons (Fsp3) is 0.238. The summed E-state index contributed by atoms with van der Waals surface area (Å²) in [5.74, 6) is -0.317. The number of hydrogen-bond acceptors (Lipinski definition) is 7. The predicted molar refractivity (Wildman–Crippen MR) is 121 cm³/mol. The Kier molecular flexibility index (Phi) is 6.92. The summed E-state index contributed by atoms with van der Waals surface area (Å²) in [7, 11) is 0. The molecule has 0 aliphatic rings. The summed E-state index contributed by atoms with van der Waals surface area (Å²) in [6.07, 6.45) is 0.285. The van der Waals surface area contributed by atoms with E-state index in [1.807, 2.05) is 0 Å². The maximum absolute atomic E-state index is 13.0. The molecule has 1 heterocycles. The van der Waals surface area contributed by atoms with Crippen LogP contribution in [0.3, 0.4) is 0 Å². The third-order valence-corrected chi connectivity index (χ3v) is 5.05. The maximum Gasteiger partial charge on any atom is 0.390 e. The molecule has 3 rings (SSSR count). The molecule has 33 heavy (non-hydrogen) atoms. The smallest absolute Gasteiger partial charge is 0.390 e. The Hall–Kier alpha value is -3.99. The topological polar surface area (TPSA) is 142 Å². The van der Waals surface area contributed by atoms with E-state index in [1.165, 1.54) is 28.9 Å². The summed E-state index contributed by atoms with van der Waals surface area (Å²) < 4.78 is 7.05. The van der Waals surface area contributed by atoms with E-state index in [-0.39, 0.29) is 29.4 Å². The van der Waals surface area contributed by atoms with E-state index in [0.717, 1.165) is 5.56 Å². The van der Waals surface area contributed by atoms with E-state index in [1.54, 1.807) is 39.0 Å². The molecule has 0 bridgehead atoms. The predicted octanol–water partition coefficient (Wildman–Crippen LogP) is 5.35. The lowest BCUT2D eigenvalue weighted by Gasteiger charge is -2.15. The fourth-order valence-electron chi connectivity index (χ4n) is 3.24. The molecule has 11 nitrogen and oxygen atoms in total. The summed E-state index contributed by atoms with van der Waals surface area (Å²) in [6, 6.07) is 9.24. The molecule has 12 heteroatoms. The van der Waals surface area contributed by atoms with Crippen LogP contribution in [0.1, 0.15) is 30.6 Å². The van der Waals surface area contributed by atoms with Crippen LogP contribution in [0.25, 0.3) is 0 Å². The van der Waals surface area contributed by atoms with E-state index in [2.05, 4.69) is 10.4 Å². The Morgan fingerprint density at radius 3 is 2.45 bits per heavy atom. The Bertz CT molecular complexity index is 1240. The van der Waals surface area contributed by atoms with Gasteiger partial charge in [0.05, 0.1) is 33.5 Å². The average molecular weight is 474 g/mol. The first-order chi connectivity index (χ1) is 15.6. The van der Waals surface area contributed by atoms with Crippen LogP contribution in [0, 0.1) is 34.1 Å². The van der Waals surface area contributed by atoms with Gasteiger partial charge in [0.2, 0.25) is 0 Å². The highest BCUT2D eigenvalue weighted by atomic mass is 35.5. The Morgan fingerprint density at radius 1 is 1.15 bits per heavy atom.